The summed E-state index contributed by atoms with van der Waals surface area (Å²) in [5, 5.41) is 11.4. The third kappa shape index (κ3) is 5.07. The quantitative estimate of drug-likeness (QED) is 0.743. The fraction of sp³-hybridized carbons (Fsp3) is 0.158. The summed E-state index contributed by atoms with van der Waals surface area (Å²) in [6.45, 7) is 1.24. The van der Waals surface area contributed by atoms with Gasteiger partial charge in [-0.1, -0.05) is 24.3 Å². The number of halogens is 1. The minimum atomic E-state index is -1.26. The molecule has 0 saturated heterocycles. The summed E-state index contributed by atoms with van der Waals surface area (Å²) < 4.78 is 24.5. The molecule has 2 N–H and O–H groups in total. The monoisotopic (exact) mass is 359 g/mol. The lowest BCUT2D eigenvalue weighted by atomic mass is 10.1. The summed E-state index contributed by atoms with van der Waals surface area (Å²) in [5.41, 5.74) is 0.628. The van der Waals surface area contributed by atoms with Crippen LogP contribution < -0.4 is 14.8 Å². The zero-order valence-corrected chi connectivity index (χ0v) is 14.3. The van der Waals surface area contributed by atoms with Gasteiger partial charge in [-0.2, -0.15) is 0 Å². The highest BCUT2D eigenvalue weighted by atomic mass is 19.1. The molecule has 0 aliphatic carbocycles. The van der Waals surface area contributed by atoms with Crippen LogP contribution in [0.4, 0.5) is 4.39 Å². The molecule has 26 heavy (non-hydrogen) atoms. The molecule has 0 radical (unpaired) electrons. The number of benzene rings is 2. The summed E-state index contributed by atoms with van der Waals surface area (Å²) >= 11 is 0. The van der Waals surface area contributed by atoms with Gasteiger partial charge in [0.1, 0.15) is 18.1 Å². The standard InChI is InChI=1S/C19H18FNO5/c1-12(22)21-16(19(23)24)9-13-7-8-17(18(10-13)25-2)26-11-14-5-3-4-6-15(14)20/h3-10H,11H2,1-2H3,(H,21,22)(H,23,24). The van der Waals surface area contributed by atoms with Gasteiger partial charge in [-0.15, -0.1) is 0 Å². The van der Waals surface area contributed by atoms with Crippen LogP contribution in [0.2, 0.25) is 0 Å². The first kappa shape index (κ1) is 19.0. The topological polar surface area (TPSA) is 84.9 Å². The second-order valence-corrected chi connectivity index (χ2v) is 5.33. The fourth-order valence-corrected chi connectivity index (χ4v) is 2.17. The Morgan fingerprint density at radius 1 is 1.19 bits per heavy atom. The largest absolute Gasteiger partial charge is 0.493 e. The van der Waals surface area contributed by atoms with Crippen molar-refractivity contribution in [2.75, 3.05) is 7.11 Å². The van der Waals surface area contributed by atoms with E-state index in [4.69, 9.17) is 14.6 Å². The first-order valence-corrected chi connectivity index (χ1v) is 7.67. The average Bonchev–Trinajstić information content (AvgIpc) is 2.60. The van der Waals surface area contributed by atoms with Gasteiger partial charge < -0.3 is 19.9 Å². The molecule has 0 aliphatic heterocycles. The number of carboxylic acid groups (broad SMARTS) is 1. The zero-order chi connectivity index (χ0) is 19.1. The van der Waals surface area contributed by atoms with Crippen molar-refractivity contribution in [1.29, 1.82) is 0 Å². The predicted molar refractivity (Wildman–Crippen MR) is 93.2 cm³/mol. The van der Waals surface area contributed by atoms with E-state index in [1.54, 1.807) is 36.4 Å². The highest BCUT2D eigenvalue weighted by molar-refractivity contribution is 5.96. The second-order valence-electron chi connectivity index (χ2n) is 5.33. The van der Waals surface area contributed by atoms with Crippen LogP contribution in [-0.4, -0.2) is 24.1 Å². The normalized spacial score (nSPS) is 11.0. The highest BCUT2D eigenvalue weighted by Gasteiger charge is 2.11. The van der Waals surface area contributed by atoms with E-state index in [9.17, 15) is 14.0 Å². The summed E-state index contributed by atoms with van der Waals surface area (Å²) in [4.78, 5) is 22.3. The number of methoxy groups -OCH3 is 1. The molecule has 1 amide bonds. The number of carbonyl (C=O) groups is 2. The molecule has 0 aromatic heterocycles. The van der Waals surface area contributed by atoms with E-state index in [1.165, 1.54) is 26.2 Å². The number of ether oxygens (including phenoxy) is 2. The predicted octanol–water partition coefficient (Wildman–Crippen LogP) is 2.97. The van der Waals surface area contributed by atoms with Crippen molar-refractivity contribution in [2.24, 2.45) is 0 Å². The third-order valence-corrected chi connectivity index (χ3v) is 3.38. The minimum Gasteiger partial charge on any atom is -0.493 e. The molecule has 0 unspecified atom stereocenters. The molecule has 0 aliphatic rings. The van der Waals surface area contributed by atoms with Gasteiger partial charge in [0.05, 0.1) is 7.11 Å². The van der Waals surface area contributed by atoms with Crippen LogP contribution in [0.15, 0.2) is 48.2 Å². The maximum atomic E-state index is 13.7. The van der Waals surface area contributed by atoms with Gasteiger partial charge in [0.25, 0.3) is 0 Å². The van der Waals surface area contributed by atoms with Crippen molar-refractivity contribution in [3.8, 4) is 11.5 Å². The van der Waals surface area contributed by atoms with E-state index in [2.05, 4.69) is 5.32 Å². The number of nitrogens with one attached hydrogen (secondary N) is 1. The number of carbonyl (C=O) groups excluding carboxylic acids is 1. The van der Waals surface area contributed by atoms with E-state index in [1.807, 2.05) is 0 Å². The number of rotatable bonds is 7. The molecule has 7 heteroatoms. The zero-order valence-electron chi connectivity index (χ0n) is 14.3. The number of aliphatic carboxylic acids is 1. The van der Waals surface area contributed by atoms with E-state index >= 15 is 0 Å². The SMILES string of the molecule is COc1cc(C=C(NC(C)=O)C(=O)O)ccc1OCc1ccccc1F. The van der Waals surface area contributed by atoms with Gasteiger partial charge in [-0.05, 0) is 29.8 Å². The summed E-state index contributed by atoms with van der Waals surface area (Å²) in [6.07, 6.45) is 1.30. The Kier molecular flexibility index (Phi) is 6.32. The number of carboxylic acids is 1. The molecule has 0 bridgehead atoms. The molecule has 2 rings (SSSR count). The maximum Gasteiger partial charge on any atom is 0.352 e. The Morgan fingerprint density at radius 3 is 2.54 bits per heavy atom. The minimum absolute atomic E-state index is 0.0183. The van der Waals surface area contributed by atoms with Gasteiger partial charge in [-0.25, -0.2) is 9.18 Å². The lowest BCUT2D eigenvalue weighted by Gasteiger charge is -2.12. The Hall–Kier alpha value is -3.35. The van der Waals surface area contributed by atoms with Gasteiger partial charge in [0.2, 0.25) is 5.91 Å². The van der Waals surface area contributed by atoms with Crippen molar-refractivity contribution < 1.29 is 28.6 Å². The van der Waals surface area contributed by atoms with E-state index in [-0.39, 0.29) is 18.1 Å². The van der Waals surface area contributed by atoms with Crippen LogP contribution in [0.25, 0.3) is 6.08 Å². The Bertz CT molecular complexity index is 848. The molecule has 0 atom stereocenters. The first-order chi connectivity index (χ1) is 12.4. The number of hydrogen-bond acceptors (Lipinski definition) is 4. The van der Waals surface area contributed by atoms with Crippen molar-refractivity contribution >= 4 is 18.0 Å². The lowest BCUT2D eigenvalue weighted by molar-refractivity contribution is -0.134. The number of hydrogen-bond donors (Lipinski definition) is 2. The average molecular weight is 359 g/mol. The molecule has 136 valence electrons. The van der Waals surface area contributed by atoms with Gasteiger partial charge >= 0.3 is 5.97 Å². The van der Waals surface area contributed by atoms with Crippen LogP contribution in [0, 0.1) is 5.82 Å². The molecule has 6 nitrogen and oxygen atoms in total. The van der Waals surface area contributed by atoms with Crippen LogP contribution in [-0.2, 0) is 16.2 Å². The van der Waals surface area contributed by atoms with E-state index in [0.717, 1.165) is 0 Å². The lowest BCUT2D eigenvalue weighted by Crippen LogP contribution is -2.24. The van der Waals surface area contributed by atoms with Crippen LogP contribution >= 0.6 is 0 Å². The maximum absolute atomic E-state index is 13.7. The molecule has 0 spiro atoms. The van der Waals surface area contributed by atoms with Gasteiger partial charge in [0, 0.05) is 12.5 Å². The van der Waals surface area contributed by atoms with Crippen molar-refractivity contribution in [3.05, 3.63) is 65.1 Å². The Labute approximate surface area is 149 Å². The smallest absolute Gasteiger partial charge is 0.352 e. The van der Waals surface area contributed by atoms with Gasteiger partial charge in [0.15, 0.2) is 11.5 Å². The second kappa shape index (κ2) is 8.66. The summed E-state index contributed by atoms with van der Waals surface area (Å²) in [7, 11) is 1.44. The Balaban J connectivity index is 2.22. The van der Waals surface area contributed by atoms with E-state index < -0.39 is 11.9 Å². The Morgan fingerprint density at radius 2 is 1.92 bits per heavy atom. The summed E-state index contributed by atoms with van der Waals surface area (Å²) in [6, 6.07) is 11.0. The van der Waals surface area contributed by atoms with Crippen molar-refractivity contribution in [3.63, 3.8) is 0 Å². The molecular formula is C19H18FNO5. The third-order valence-electron chi connectivity index (χ3n) is 3.38. The molecule has 2 aromatic carbocycles. The van der Waals surface area contributed by atoms with E-state index in [0.29, 0.717) is 22.6 Å². The molecule has 0 heterocycles. The molecule has 0 saturated carbocycles. The van der Waals surface area contributed by atoms with Crippen LogP contribution in [0.1, 0.15) is 18.1 Å². The fourth-order valence-electron chi connectivity index (χ4n) is 2.17. The van der Waals surface area contributed by atoms with Gasteiger partial charge in [-0.3, -0.25) is 4.79 Å². The molecular weight excluding hydrogens is 341 g/mol. The molecule has 0 fully saturated rings. The van der Waals surface area contributed by atoms with Crippen molar-refractivity contribution in [1.82, 2.24) is 5.32 Å². The van der Waals surface area contributed by atoms with Crippen molar-refractivity contribution in [2.45, 2.75) is 13.5 Å². The highest BCUT2D eigenvalue weighted by Crippen LogP contribution is 2.29. The number of amides is 1. The van der Waals surface area contributed by atoms with Crippen LogP contribution in [0.3, 0.4) is 0 Å². The molecule has 2 aromatic rings. The summed E-state index contributed by atoms with van der Waals surface area (Å²) in [5.74, 6) is -1.39. The van der Waals surface area contributed by atoms with Crippen LogP contribution in [0.5, 0.6) is 11.5 Å². The first-order valence-electron chi connectivity index (χ1n) is 7.67.